The van der Waals surface area contributed by atoms with Gasteiger partial charge in [-0.15, -0.1) is 0 Å². The second kappa shape index (κ2) is 4.34. The number of nitrogens with two attached hydrogens (primary N) is 1. The minimum absolute atomic E-state index is 0.587. The molecule has 1 aromatic heterocycles. The Kier molecular flexibility index (Phi) is 2.69. The summed E-state index contributed by atoms with van der Waals surface area (Å²) in [4.78, 5) is 7.08. The summed E-state index contributed by atoms with van der Waals surface area (Å²) in [6.07, 6.45) is 2.57. The van der Waals surface area contributed by atoms with Crippen LogP contribution in [0.3, 0.4) is 0 Å². The maximum atomic E-state index is 5.64. The number of rotatable bonds is 2. The Morgan fingerprint density at radius 3 is 2.71 bits per heavy atom. The Morgan fingerprint density at radius 2 is 1.94 bits per heavy atom. The zero-order chi connectivity index (χ0) is 11.7. The topological polar surface area (TPSA) is 42.1 Å². The summed E-state index contributed by atoms with van der Waals surface area (Å²) in [5.74, 6) is 1.11. The molecule has 3 heteroatoms. The van der Waals surface area contributed by atoms with Gasteiger partial charge in [0, 0.05) is 25.0 Å². The first-order valence-electron chi connectivity index (χ1n) is 6.21. The van der Waals surface area contributed by atoms with Gasteiger partial charge in [-0.25, -0.2) is 4.98 Å². The van der Waals surface area contributed by atoms with Gasteiger partial charge >= 0.3 is 0 Å². The van der Waals surface area contributed by atoms with Gasteiger partial charge in [-0.05, 0) is 42.7 Å². The van der Waals surface area contributed by atoms with Crippen molar-refractivity contribution in [3.8, 4) is 0 Å². The fourth-order valence-corrected chi connectivity index (χ4v) is 2.41. The summed E-state index contributed by atoms with van der Waals surface area (Å²) in [5.41, 5.74) is 7.86. The molecule has 0 spiro atoms. The first kappa shape index (κ1) is 10.5. The highest BCUT2D eigenvalue weighted by atomic mass is 15.2. The second-order valence-corrected chi connectivity index (χ2v) is 4.59. The first-order chi connectivity index (χ1) is 8.36. The van der Waals surface area contributed by atoms with Crippen molar-refractivity contribution in [2.24, 2.45) is 5.73 Å². The van der Waals surface area contributed by atoms with Gasteiger partial charge < -0.3 is 10.6 Å². The van der Waals surface area contributed by atoms with Crippen LogP contribution < -0.4 is 10.6 Å². The third-order valence-corrected chi connectivity index (χ3v) is 3.40. The van der Waals surface area contributed by atoms with Gasteiger partial charge in [0.25, 0.3) is 0 Å². The fraction of sp³-hybridized carbons (Fsp3) is 0.357. The van der Waals surface area contributed by atoms with E-state index in [1.54, 1.807) is 0 Å². The molecular formula is C14H17N3. The summed E-state index contributed by atoms with van der Waals surface area (Å²) in [6.45, 7) is 2.86. The first-order valence-corrected chi connectivity index (χ1v) is 6.21. The highest BCUT2D eigenvalue weighted by Gasteiger charge is 2.13. The maximum absolute atomic E-state index is 5.64. The van der Waals surface area contributed by atoms with Crippen LogP contribution in [-0.4, -0.2) is 18.1 Å². The predicted molar refractivity (Wildman–Crippen MR) is 71.1 cm³/mol. The van der Waals surface area contributed by atoms with E-state index in [9.17, 15) is 0 Å². The minimum atomic E-state index is 0.587. The van der Waals surface area contributed by atoms with Crippen molar-refractivity contribution in [2.75, 3.05) is 18.0 Å². The minimum Gasteiger partial charge on any atom is -0.357 e. The van der Waals surface area contributed by atoms with E-state index < -0.39 is 0 Å². The standard InChI is InChI=1S/C14H17N3/c15-10-11-3-5-13-12(9-11)4-6-14(16-13)17-7-1-2-8-17/h3-6,9H,1-2,7-8,10,15H2. The number of benzene rings is 1. The molecule has 1 aromatic carbocycles. The number of pyridine rings is 1. The Bertz CT molecular complexity index is 530. The number of hydrogen-bond donors (Lipinski definition) is 1. The number of fused-ring (bicyclic) bond motifs is 1. The SMILES string of the molecule is NCc1ccc2nc(N3CCCC3)ccc2c1. The van der Waals surface area contributed by atoms with Crippen molar-refractivity contribution >= 4 is 16.7 Å². The van der Waals surface area contributed by atoms with Crippen LogP contribution in [0.5, 0.6) is 0 Å². The van der Waals surface area contributed by atoms with Crippen LogP contribution in [-0.2, 0) is 6.54 Å². The molecule has 0 aliphatic carbocycles. The molecule has 1 fully saturated rings. The van der Waals surface area contributed by atoms with Gasteiger partial charge in [0.1, 0.15) is 5.82 Å². The molecule has 0 bridgehead atoms. The average Bonchev–Trinajstić information content (AvgIpc) is 2.91. The smallest absolute Gasteiger partial charge is 0.129 e. The third-order valence-electron chi connectivity index (χ3n) is 3.40. The Morgan fingerprint density at radius 1 is 1.12 bits per heavy atom. The summed E-state index contributed by atoms with van der Waals surface area (Å²) >= 11 is 0. The summed E-state index contributed by atoms with van der Waals surface area (Å²) in [5, 5.41) is 1.18. The molecule has 1 saturated heterocycles. The van der Waals surface area contributed by atoms with Crippen molar-refractivity contribution in [1.29, 1.82) is 0 Å². The molecule has 0 atom stereocenters. The van der Waals surface area contributed by atoms with E-state index in [1.165, 1.54) is 18.2 Å². The maximum Gasteiger partial charge on any atom is 0.129 e. The van der Waals surface area contributed by atoms with Gasteiger partial charge in [-0.1, -0.05) is 6.07 Å². The monoisotopic (exact) mass is 227 g/mol. The zero-order valence-corrected chi connectivity index (χ0v) is 9.89. The van der Waals surface area contributed by atoms with Crippen LogP contribution in [0.4, 0.5) is 5.82 Å². The van der Waals surface area contributed by atoms with Crippen molar-refractivity contribution in [1.82, 2.24) is 4.98 Å². The van der Waals surface area contributed by atoms with E-state index in [2.05, 4.69) is 35.2 Å². The van der Waals surface area contributed by atoms with Gasteiger partial charge in [-0.2, -0.15) is 0 Å². The molecule has 0 amide bonds. The van der Waals surface area contributed by atoms with E-state index >= 15 is 0 Å². The summed E-state index contributed by atoms with van der Waals surface area (Å²) in [6, 6.07) is 10.5. The van der Waals surface area contributed by atoms with Crippen LogP contribution in [0, 0.1) is 0 Å². The largest absolute Gasteiger partial charge is 0.357 e. The van der Waals surface area contributed by atoms with E-state index in [4.69, 9.17) is 10.7 Å². The quantitative estimate of drug-likeness (QED) is 0.856. The number of nitrogens with zero attached hydrogens (tertiary/aromatic N) is 2. The van der Waals surface area contributed by atoms with Gasteiger partial charge in [0.05, 0.1) is 5.52 Å². The molecule has 3 rings (SSSR count). The molecule has 0 unspecified atom stereocenters. The van der Waals surface area contributed by atoms with Crippen molar-refractivity contribution in [2.45, 2.75) is 19.4 Å². The molecule has 1 aliphatic rings. The molecule has 3 nitrogen and oxygen atoms in total. The second-order valence-electron chi connectivity index (χ2n) is 4.59. The van der Waals surface area contributed by atoms with Gasteiger partial charge in [0.2, 0.25) is 0 Å². The van der Waals surface area contributed by atoms with Gasteiger partial charge in [-0.3, -0.25) is 0 Å². The van der Waals surface area contributed by atoms with Crippen LogP contribution in [0.25, 0.3) is 10.9 Å². The van der Waals surface area contributed by atoms with Crippen LogP contribution >= 0.6 is 0 Å². The van der Waals surface area contributed by atoms with E-state index in [0.717, 1.165) is 30.0 Å². The highest BCUT2D eigenvalue weighted by Crippen LogP contribution is 2.22. The highest BCUT2D eigenvalue weighted by molar-refractivity contribution is 5.81. The zero-order valence-electron chi connectivity index (χ0n) is 9.89. The fourth-order valence-electron chi connectivity index (χ4n) is 2.41. The molecular weight excluding hydrogens is 210 g/mol. The Balaban J connectivity index is 2.01. The van der Waals surface area contributed by atoms with Gasteiger partial charge in [0.15, 0.2) is 0 Å². The number of anilines is 1. The Labute approximate surface area is 101 Å². The third kappa shape index (κ3) is 1.98. The molecule has 1 aliphatic heterocycles. The average molecular weight is 227 g/mol. The lowest BCUT2D eigenvalue weighted by Crippen LogP contribution is -2.18. The summed E-state index contributed by atoms with van der Waals surface area (Å²) in [7, 11) is 0. The van der Waals surface area contributed by atoms with E-state index in [0.29, 0.717) is 6.54 Å². The molecule has 0 saturated carbocycles. The normalized spacial score (nSPS) is 15.7. The number of aromatic nitrogens is 1. The Hall–Kier alpha value is -1.61. The molecule has 88 valence electrons. The lowest BCUT2D eigenvalue weighted by molar-refractivity contribution is 0.944. The van der Waals surface area contributed by atoms with E-state index in [1.807, 2.05) is 0 Å². The van der Waals surface area contributed by atoms with Crippen molar-refractivity contribution < 1.29 is 0 Å². The summed E-state index contributed by atoms with van der Waals surface area (Å²) < 4.78 is 0. The lowest BCUT2D eigenvalue weighted by atomic mass is 10.1. The lowest BCUT2D eigenvalue weighted by Gasteiger charge is -2.16. The molecule has 0 radical (unpaired) electrons. The molecule has 2 heterocycles. The molecule has 2 N–H and O–H groups in total. The van der Waals surface area contributed by atoms with Crippen LogP contribution in [0.15, 0.2) is 30.3 Å². The number of hydrogen-bond acceptors (Lipinski definition) is 3. The molecule has 17 heavy (non-hydrogen) atoms. The van der Waals surface area contributed by atoms with E-state index in [-0.39, 0.29) is 0 Å². The van der Waals surface area contributed by atoms with Crippen molar-refractivity contribution in [3.05, 3.63) is 35.9 Å². The molecule has 2 aromatic rings. The van der Waals surface area contributed by atoms with Crippen molar-refractivity contribution in [3.63, 3.8) is 0 Å². The van der Waals surface area contributed by atoms with Crippen LogP contribution in [0.2, 0.25) is 0 Å². The predicted octanol–water partition coefficient (Wildman–Crippen LogP) is 2.29. The van der Waals surface area contributed by atoms with Crippen LogP contribution in [0.1, 0.15) is 18.4 Å².